The van der Waals surface area contributed by atoms with E-state index < -0.39 is 0 Å². The molecule has 1 aliphatic heterocycles. The lowest BCUT2D eigenvalue weighted by molar-refractivity contribution is 0.0778. The number of rotatable bonds is 3. The zero-order valence-corrected chi connectivity index (χ0v) is 8.41. The molecule has 0 bridgehead atoms. The monoisotopic (exact) mass is 183 g/mol. The van der Waals surface area contributed by atoms with E-state index in [-0.39, 0.29) is 0 Å². The molecule has 13 heavy (non-hydrogen) atoms. The van der Waals surface area contributed by atoms with E-state index in [0.29, 0.717) is 6.61 Å². The van der Waals surface area contributed by atoms with E-state index in [1.807, 2.05) is 0 Å². The van der Waals surface area contributed by atoms with Gasteiger partial charge in [0.05, 0.1) is 0 Å². The van der Waals surface area contributed by atoms with Gasteiger partial charge < -0.3 is 10.0 Å². The minimum Gasteiger partial charge on any atom is -0.396 e. The first kappa shape index (κ1) is 9.47. The van der Waals surface area contributed by atoms with Crippen LogP contribution in [0.3, 0.4) is 0 Å². The molecule has 0 atom stereocenters. The maximum Gasteiger partial charge on any atom is 0.0433 e. The maximum atomic E-state index is 8.84. The summed E-state index contributed by atoms with van der Waals surface area (Å²) in [7, 11) is 0. The molecule has 1 saturated heterocycles. The molecule has 1 aliphatic carbocycles. The smallest absolute Gasteiger partial charge is 0.0433 e. The van der Waals surface area contributed by atoms with Crippen LogP contribution in [0.2, 0.25) is 0 Å². The highest BCUT2D eigenvalue weighted by Gasteiger charge is 2.28. The molecule has 76 valence electrons. The van der Waals surface area contributed by atoms with E-state index in [9.17, 15) is 0 Å². The highest BCUT2D eigenvalue weighted by molar-refractivity contribution is 4.83. The molecule has 0 radical (unpaired) electrons. The first-order valence-electron chi connectivity index (χ1n) is 5.75. The summed E-state index contributed by atoms with van der Waals surface area (Å²) in [6.45, 7) is 2.96. The van der Waals surface area contributed by atoms with Crippen LogP contribution in [0.5, 0.6) is 0 Å². The lowest BCUT2D eigenvalue weighted by Gasteiger charge is -2.41. The molecule has 0 aromatic rings. The number of piperidine rings is 1. The summed E-state index contributed by atoms with van der Waals surface area (Å²) in [5, 5.41) is 8.84. The number of aliphatic hydroxyl groups is 1. The first-order valence-corrected chi connectivity index (χ1v) is 5.75. The Morgan fingerprint density at radius 3 is 2.23 bits per heavy atom. The van der Waals surface area contributed by atoms with Crippen molar-refractivity contribution in [3.8, 4) is 0 Å². The summed E-state index contributed by atoms with van der Waals surface area (Å²) in [5.41, 5.74) is 0. The Morgan fingerprint density at radius 2 is 1.77 bits per heavy atom. The molecule has 0 spiro atoms. The van der Waals surface area contributed by atoms with Crippen LogP contribution in [-0.4, -0.2) is 35.7 Å². The van der Waals surface area contributed by atoms with Crippen LogP contribution in [0.4, 0.5) is 0 Å². The van der Waals surface area contributed by atoms with Gasteiger partial charge in [0, 0.05) is 12.6 Å². The Kier molecular flexibility index (Phi) is 3.23. The van der Waals surface area contributed by atoms with Crippen LogP contribution in [0, 0.1) is 5.92 Å². The number of hydrogen-bond donors (Lipinski definition) is 1. The SMILES string of the molecule is OCCC1CCN(C2CCC2)CC1. The molecule has 2 rings (SSSR count). The molecule has 2 aliphatic rings. The summed E-state index contributed by atoms with van der Waals surface area (Å²) < 4.78 is 0. The predicted octanol–water partition coefficient (Wildman–Crippen LogP) is 1.63. The Balaban J connectivity index is 1.69. The molecule has 1 heterocycles. The largest absolute Gasteiger partial charge is 0.396 e. The van der Waals surface area contributed by atoms with Gasteiger partial charge in [0.25, 0.3) is 0 Å². The van der Waals surface area contributed by atoms with Gasteiger partial charge in [0.15, 0.2) is 0 Å². The highest BCUT2D eigenvalue weighted by atomic mass is 16.3. The summed E-state index contributed by atoms with van der Waals surface area (Å²) in [5.74, 6) is 0.807. The predicted molar refractivity (Wildman–Crippen MR) is 53.6 cm³/mol. The van der Waals surface area contributed by atoms with Crippen molar-refractivity contribution in [2.75, 3.05) is 19.7 Å². The summed E-state index contributed by atoms with van der Waals surface area (Å²) in [6.07, 6.45) is 7.98. The van der Waals surface area contributed by atoms with Crippen molar-refractivity contribution in [2.45, 2.75) is 44.6 Å². The fourth-order valence-corrected chi connectivity index (χ4v) is 2.54. The standard InChI is InChI=1S/C11H21NO/c13-9-6-10-4-7-12(8-5-10)11-2-1-3-11/h10-11,13H,1-9H2. The fourth-order valence-electron chi connectivity index (χ4n) is 2.54. The molecule has 0 aromatic heterocycles. The van der Waals surface area contributed by atoms with Crippen molar-refractivity contribution in [3.05, 3.63) is 0 Å². The van der Waals surface area contributed by atoms with Gasteiger partial charge in [0.1, 0.15) is 0 Å². The quantitative estimate of drug-likeness (QED) is 0.719. The minimum atomic E-state index is 0.383. The molecular formula is C11H21NO. The van der Waals surface area contributed by atoms with E-state index in [2.05, 4.69) is 4.90 Å². The van der Waals surface area contributed by atoms with Crippen LogP contribution >= 0.6 is 0 Å². The molecule has 1 N–H and O–H groups in total. The van der Waals surface area contributed by atoms with Crippen LogP contribution < -0.4 is 0 Å². The van der Waals surface area contributed by atoms with Crippen LogP contribution in [0.25, 0.3) is 0 Å². The number of likely N-dealkylation sites (tertiary alicyclic amines) is 1. The van der Waals surface area contributed by atoms with E-state index in [1.54, 1.807) is 0 Å². The number of nitrogens with zero attached hydrogens (tertiary/aromatic N) is 1. The lowest BCUT2D eigenvalue weighted by Crippen LogP contribution is -2.44. The van der Waals surface area contributed by atoms with Crippen LogP contribution in [-0.2, 0) is 0 Å². The molecule has 0 aromatic carbocycles. The second-order valence-electron chi connectivity index (χ2n) is 4.58. The van der Waals surface area contributed by atoms with E-state index in [1.165, 1.54) is 45.2 Å². The third kappa shape index (κ3) is 2.23. The van der Waals surface area contributed by atoms with E-state index in [0.717, 1.165) is 18.4 Å². The Morgan fingerprint density at radius 1 is 1.08 bits per heavy atom. The molecule has 1 saturated carbocycles. The molecule has 2 fully saturated rings. The lowest BCUT2D eigenvalue weighted by atomic mass is 9.87. The van der Waals surface area contributed by atoms with Crippen molar-refractivity contribution >= 4 is 0 Å². The van der Waals surface area contributed by atoms with Crippen molar-refractivity contribution in [2.24, 2.45) is 5.92 Å². The Labute approximate surface area is 80.9 Å². The topological polar surface area (TPSA) is 23.5 Å². The van der Waals surface area contributed by atoms with Gasteiger partial charge in [-0.2, -0.15) is 0 Å². The highest BCUT2D eigenvalue weighted by Crippen LogP contribution is 2.29. The third-order valence-electron chi connectivity index (χ3n) is 3.78. The molecule has 2 heteroatoms. The Bertz CT molecular complexity index is 148. The average Bonchev–Trinajstić information content (AvgIpc) is 2.06. The average molecular weight is 183 g/mol. The van der Waals surface area contributed by atoms with Crippen molar-refractivity contribution in [1.82, 2.24) is 4.90 Å². The molecule has 0 amide bonds. The number of hydrogen-bond acceptors (Lipinski definition) is 2. The summed E-state index contributed by atoms with van der Waals surface area (Å²) in [6, 6.07) is 0.926. The van der Waals surface area contributed by atoms with Crippen molar-refractivity contribution in [3.63, 3.8) is 0 Å². The van der Waals surface area contributed by atoms with Gasteiger partial charge in [-0.15, -0.1) is 0 Å². The zero-order valence-electron chi connectivity index (χ0n) is 8.41. The summed E-state index contributed by atoms with van der Waals surface area (Å²) >= 11 is 0. The van der Waals surface area contributed by atoms with Crippen molar-refractivity contribution in [1.29, 1.82) is 0 Å². The fraction of sp³-hybridized carbons (Fsp3) is 1.00. The summed E-state index contributed by atoms with van der Waals surface area (Å²) in [4.78, 5) is 2.66. The number of aliphatic hydroxyl groups excluding tert-OH is 1. The second kappa shape index (κ2) is 4.43. The Hall–Kier alpha value is -0.0800. The first-order chi connectivity index (χ1) is 6.40. The van der Waals surface area contributed by atoms with Crippen LogP contribution in [0.15, 0.2) is 0 Å². The van der Waals surface area contributed by atoms with E-state index in [4.69, 9.17) is 5.11 Å². The maximum absolute atomic E-state index is 8.84. The van der Waals surface area contributed by atoms with Gasteiger partial charge in [-0.25, -0.2) is 0 Å². The van der Waals surface area contributed by atoms with Gasteiger partial charge in [-0.05, 0) is 51.1 Å². The van der Waals surface area contributed by atoms with Gasteiger partial charge in [-0.3, -0.25) is 0 Å². The minimum absolute atomic E-state index is 0.383. The molecular weight excluding hydrogens is 162 g/mol. The normalized spacial score (nSPS) is 27.5. The molecule has 0 unspecified atom stereocenters. The van der Waals surface area contributed by atoms with E-state index >= 15 is 0 Å². The second-order valence-corrected chi connectivity index (χ2v) is 4.58. The van der Waals surface area contributed by atoms with Gasteiger partial charge in [-0.1, -0.05) is 6.42 Å². The van der Waals surface area contributed by atoms with Crippen molar-refractivity contribution < 1.29 is 5.11 Å². The van der Waals surface area contributed by atoms with Gasteiger partial charge >= 0.3 is 0 Å². The van der Waals surface area contributed by atoms with Crippen LogP contribution in [0.1, 0.15) is 38.5 Å². The molecule has 2 nitrogen and oxygen atoms in total. The third-order valence-corrected chi connectivity index (χ3v) is 3.78. The van der Waals surface area contributed by atoms with Gasteiger partial charge in [0.2, 0.25) is 0 Å². The zero-order chi connectivity index (χ0) is 9.10.